The maximum Gasteiger partial charge on any atom is 0.293 e. The van der Waals surface area contributed by atoms with Gasteiger partial charge in [-0.3, -0.25) is 4.79 Å². The highest BCUT2D eigenvalue weighted by Crippen LogP contribution is 2.40. The minimum Gasteiger partial charge on any atom is -0.471 e. The van der Waals surface area contributed by atoms with Gasteiger partial charge in [0.25, 0.3) is 6.47 Å². The molecule has 4 heterocycles. The van der Waals surface area contributed by atoms with Crippen molar-refractivity contribution in [3.63, 3.8) is 0 Å². The molecule has 5 rings (SSSR count). The Morgan fingerprint density at radius 1 is 1.14 bits per heavy atom. The van der Waals surface area contributed by atoms with Crippen molar-refractivity contribution in [2.24, 2.45) is 0 Å². The molecule has 0 radical (unpaired) electrons. The Kier molecular flexibility index (Phi) is 6.17. The Morgan fingerprint density at radius 2 is 2.00 bits per heavy atom. The fraction of sp³-hybridized carbons (Fsp3) is 0.320. The lowest BCUT2D eigenvalue weighted by Crippen LogP contribution is -2.08. The number of aromatic nitrogens is 5. The van der Waals surface area contributed by atoms with Gasteiger partial charge in [-0.25, -0.2) is 19.9 Å². The van der Waals surface area contributed by atoms with Crippen molar-refractivity contribution < 1.29 is 14.3 Å². The second-order valence-corrected chi connectivity index (χ2v) is 8.75. The van der Waals surface area contributed by atoms with Gasteiger partial charge in [0, 0.05) is 36.3 Å². The van der Waals surface area contributed by atoms with Crippen LogP contribution in [0.1, 0.15) is 52.4 Å². The van der Waals surface area contributed by atoms with Crippen molar-refractivity contribution in [3.05, 3.63) is 70.6 Å². The summed E-state index contributed by atoms with van der Waals surface area (Å²) in [4.78, 5) is 28.2. The Hall–Kier alpha value is -4.21. The van der Waals surface area contributed by atoms with Gasteiger partial charge in [-0.05, 0) is 61.4 Å². The number of nitrogens with two attached hydrogens (primary N) is 1. The van der Waals surface area contributed by atoms with Crippen molar-refractivity contribution >= 4 is 23.8 Å². The molecule has 0 unspecified atom stereocenters. The molecule has 4 aromatic rings. The number of imidazole rings is 1. The predicted octanol–water partition coefficient (Wildman–Crippen LogP) is 3.46. The molecule has 3 N–H and O–H groups in total. The third-order valence-electron chi connectivity index (χ3n) is 6.08. The van der Waals surface area contributed by atoms with Crippen LogP contribution in [0.15, 0.2) is 36.9 Å². The monoisotopic (exact) mass is 473 g/mol. The first-order valence-corrected chi connectivity index (χ1v) is 11.5. The fourth-order valence-corrected chi connectivity index (χ4v) is 4.18. The molecule has 0 aliphatic heterocycles. The summed E-state index contributed by atoms with van der Waals surface area (Å²) in [5.41, 5.74) is 12.5. The number of anilines is 2. The minimum atomic E-state index is 0.189. The summed E-state index contributed by atoms with van der Waals surface area (Å²) in [5.74, 6) is 2.16. The standard InChI is InChI=1S/C25H27N7O3/c1-15-5-22(26)30-16(2)21(15)8-27-23-7-24(29-13-28-23)35-12-20-10-32-9-18(17-3-4-17)6-19(11-34-14-33)25(32)31-20/h5-7,9-10,13-14,17H,3-4,8,11-12H2,1-2H3,(H2,26,30)(H,27,28,29). The summed E-state index contributed by atoms with van der Waals surface area (Å²) in [7, 11) is 0. The zero-order chi connectivity index (χ0) is 24.4. The van der Waals surface area contributed by atoms with Crippen LogP contribution in [-0.2, 0) is 29.3 Å². The molecule has 10 heteroatoms. The predicted molar refractivity (Wildman–Crippen MR) is 130 cm³/mol. The third-order valence-corrected chi connectivity index (χ3v) is 6.08. The molecule has 10 nitrogen and oxygen atoms in total. The Balaban J connectivity index is 1.28. The SMILES string of the molecule is Cc1cc(N)nc(C)c1CNc1cc(OCc2cn3cc(C4CC4)cc(COC=O)c3n2)ncn1. The third kappa shape index (κ3) is 5.16. The van der Waals surface area contributed by atoms with E-state index in [2.05, 4.69) is 32.5 Å². The molecule has 0 aromatic carbocycles. The lowest BCUT2D eigenvalue weighted by molar-refractivity contribution is -0.129. The first kappa shape index (κ1) is 22.6. The zero-order valence-electron chi connectivity index (χ0n) is 19.7. The highest BCUT2D eigenvalue weighted by molar-refractivity contribution is 5.52. The molecule has 180 valence electrons. The fourth-order valence-electron chi connectivity index (χ4n) is 4.18. The van der Waals surface area contributed by atoms with Gasteiger partial charge in [-0.1, -0.05) is 0 Å². The van der Waals surface area contributed by atoms with Crippen molar-refractivity contribution in [1.29, 1.82) is 0 Å². The van der Waals surface area contributed by atoms with Crippen LogP contribution in [0.4, 0.5) is 11.6 Å². The Bertz CT molecular complexity index is 1360. The summed E-state index contributed by atoms with van der Waals surface area (Å²) in [6.45, 7) is 5.39. The number of carbonyl (C=O) groups is 1. The van der Waals surface area contributed by atoms with Gasteiger partial charge >= 0.3 is 0 Å². The lowest BCUT2D eigenvalue weighted by atomic mass is 10.1. The van der Waals surface area contributed by atoms with Crippen LogP contribution >= 0.6 is 0 Å². The summed E-state index contributed by atoms with van der Waals surface area (Å²) in [6.07, 6.45) is 7.85. The summed E-state index contributed by atoms with van der Waals surface area (Å²) in [6, 6.07) is 5.69. The van der Waals surface area contributed by atoms with E-state index in [9.17, 15) is 4.79 Å². The van der Waals surface area contributed by atoms with E-state index in [1.165, 1.54) is 24.7 Å². The maximum atomic E-state index is 10.7. The second kappa shape index (κ2) is 9.57. The molecule has 0 saturated heterocycles. The van der Waals surface area contributed by atoms with Crippen molar-refractivity contribution in [2.75, 3.05) is 11.1 Å². The number of hydrogen-bond acceptors (Lipinski definition) is 9. The molecule has 0 amide bonds. The van der Waals surface area contributed by atoms with Crippen LogP contribution < -0.4 is 15.8 Å². The van der Waals surface area contributed by atoms with Crippen LogP contribution in [0.3, 0.4) is 0 Å². The first-order chi connectivity index (χ1) is 17.0. The number of ether oxygens (including phenoxy) is 2. The minimum absolute atomic E-state index is 0.189. The van der Waals surface area contributed by atoms with Crippen molar-refractivity contribution in [1.82, 2.24) is 24.3 Å². The largest absolute Gasteiger partial charge is 0.471 e. The molecule has 0 bridgehead atoms. The van der Waals surface area contributed by atoms with E-state index < -0.39 is 0 Å². The van der Waals surface area contributed by atoms with Crippen LogP contribution in [-0.4, -0.2) is 30.8 Å². The van der Waals surface area contributed by atoms with Crippen molar-refractivity contribution in [3.8, 4) is 5.88 Å². The molecule has 4 aromatic heterocycles. The van der Waals surface area contributed by atoms with Gasteiger partial charge in [0.15, 0.2) is 0 Å². The summed E-state index contributed by atoms with van der Waals surface area (Å²) < 4.78 is 12.9. The van der Waals surface area contributed by atoms with Gasteiger partial charge in [-0.15, -0.1) is 0 Å². The Morgan fingerprint density at radius 3 is 2.77 bits per heavy atom. The number of pyridine rings is 2. The average molecular weight is 474 g/mol. The number of nitrogens with zero attached hydrogens (tertiary/aromatic N) is 5. The van der Waals surface area contributed by atoms with E-state index in [0.717, 1.165) is 33.7 Å². The molecule has 35 heavy (non-hydrogen) atoms. The number of rotatable bonds is 10. The van der Waals surface area contributed by atoms with Gasteiger partial charge in [0.1, 0.15) is 36.8 Å². The highest BCUT2D eigenvalue weighted by Gasteiger charge is 2.25. The van der Waals surface area contributed by atoms with E-state index in [1.54, 1.807) is 6.07 Å². The number of hydrogen-bond donors (Lipinski definition) is 2. The topological polar surface area (TPSA) is 130 Å². The molecular formula is C25H27N7O3. The van der Waals surface area contributed by atoms with E-state index in [4.69, 9.17) is 20.2 Å². The Labute approximate surface area is 202 Å². The summed E-state index contributed by atoms with van der Waals surface area (Å²) >= 11 is 0. The zero-order valence-corrected chi connectivity index (χ0v) is 19.7. The van der Waals surface area contributed by atoms with E-state index >= 15 is 0 Å². The number of fused-ring (bicyclic) bond motifs is 1. The molecule has 0 atom stereocenters. The van der Waals surface area contributed by atoms with Gasteiger partial charge in [-0.2, -0.15) is 0 Å². The van der Waals surface area contributed by atoms with Gasteiger partial charge in [0.2, 0.25) is 5.88 Å². The van der Waals surface area contributed by atoms with Crippen LogP contribution in [0.5, 0.6) is 5.88 Å². The normalized spacial score (nSPS) is 13.1. The molecular weight excluding hydrogens is 446 g/mol. The first-order valence-electron chi connectivity index (χ1n) is 11.5. The molecule has 1 fully saturated rings. The van der Waals surface area contributed by atoms with Crippen LogP contribution in [0.2, 0.25) is 0 Å². The maximum absolute atomic E-state index is 10.7. The number of carbonyl (C=O) groups excluding carboxylic acids is 1. The number of nitrogen functional groups attached to an aromatic ring is 1. The van der Waals surface area contributed by atoms with E-state index in [1.807, 2.05) is 30.5 Å². The quantitative estimate of drug-likeness (QED) is 0.333. The molecule has 1 aliphatic carbocycles. The summed E-state index contributed by atoms with van der Waals surface area (Å²) in [5, 5.41) is 3.30. The molecule has 0 spiro atoms. The number of aryl methyl sites for hydroxylation is 2. The number of nitrogens with one attached hydrogen (secondary N) is 1. The van der Waals surface area contributed by atoms with Gasteiger partial charge < -0.3 is 24.9 Å². The van der Waals surface area contributed by atoms with Crippen molar-refractivity contribution in [2.45, 2.75) is 52.4 Å². The van der Waals surface area contributed by atoms with E-state index in [0.29, 0.717) is 36.5 Å². The molecule has 1 aliphatic rings. The van der Waals surface area contributed by atoms with E-state index in [-0.39, 0.29) is 13.2 Å². The highest BCUT2D eigenvalue weighted by atomic mass is 16.5. The smallest absolute Gasteiger partial charge is 0.293 e. The van der Waals surface area contributed by atoms with Crippen LogP contribution in [0, 0.1) is 13.8 Å². The lowest BCUT2D eigenvalue weighted by Gasteiger charge is -2.12. The second-order valence-electron chi connectivity index (χ2n) is 8.75. The van der Waals surface area contributed by atoms with Crippen LogP contribution in [0.25, 0.3) is 5.65 Å². The average Bonchev–Trinajstić information content (AvgIpc) is 3.60. The molecule has 1 saturated carbocycles. The van der Waals surface area contributed by atoms with Gasteiger partial charge in [0.05, 0.1) is 5.69 Å².